The minimum absolute atomic E-state index is 0.0442. The standard InChI is InChI=1S/C18H19ClO2/c1-3-9-21-16-6-4-5-15(11-16)18(20)12-14-8-7-13(2)10-17(14)19/h4-8,10-11H,3,9,12H2,1-2H3. The van der Waals surface area contributed by atoms with Crippen LogP contribution in [-0.2, 0) is 6.42 Å². The van der Waals surface area contributed by atoms with Gasteiger partial charge < -0.3 is 4.74 Å². The fourth-order valence-electron chi connectivity index (χ4n) is 2.05. The van der Waals surface area contributed by atoms with Gasteiger partial charge in [0.2, 0.25) is 0 Å². The number of hydrogen-bond donors (Lipinski definition) is 0. The molecule has 0 saturated carbocycles. The molecule has 0 aromatic heterocycles. The van der Waals surface area contributed by atoms with E-state index in [1.807, 2.05) is 50.2 Å². The van der Waals surface area contributed by atoms with Crippen LogP contribution in [0.3, 0.4) is 0 Å². The molecule has 0 aliphatic heterocycles. The van der Waals surface area contributed by atoms with Crippen LogP contribution in [0.4, 0.5) is 0 Å². The fourth-order valence-corrected chi connectivity index (χ4v) is 2.35. The average Bonchev–Trinajstić information content (AvgIpc) is 2.48. The Morgan fingerprint density at radius 2 is 2.00 bits per heavy atom. The number of halogens is 1. The summed E-state index contributed by atoms with van der Waals surface area (Å²) in [6.45, 7) is 4.68. The van der Waals surface area contributed by atoms with E-state index in [4.69, 9.17) is 16.3 Å². The summed E-state index contributed by atoms with van der Waals surface area (Å²) in [4.78, 5) is 12.4. The van der Waals surface area contributed by atoms with E-state index in [2.05, 4.69) is 0 Å². The molecule has 3 heteroatoms. The van der Waals surface area contributed by atoms with Crippen LogP contribution in [0.5, 0.6) is 5.75 Å². The molecule has 0 saturated heterocycles. The first-order chi connectivity index (χ1) is 10.1. The summed E-state index contributed by atoms with van der Waals surface area (Å²) in [7, 11) is 0. The zero-order valence-corrected chi connectivity index (χ0v) is 13.1. The van der Waals surface area contributed by atoms with Crippen molar-refractivity contribution >= 4 is 17.4 Å². The van der Waals surface area contributed by atoms with Crippen molar-refractivity contribution in [3.05, 3.63) is 64.2 Å². The first kappa shape index (κ1) is 15.6. The maximum Gasteiger partial charge on any atom is 0.167 e. The molecule has 0 aliphatic carbocycles. The van der Waals surface area contributed by atoms with E-state index in [1.165, 1.54) is 0 Å². The molecule has 0 N–H and O–H groups in total. The molecule has 0 unspecified atom stereocenters. The zero-order valence-electron chi connectivity index (χ0n) is 12.4. The summed E-state index contributed by atoms with van der Waals surface area (Å²) in [5.74, 6) is 0.778. The van der Waals surface area contributed by atoms with Crippen LogP contribution >= 0.6 is 11.6 Å². The Labute approximate surface area is 130 Å². The number of aryl methyl sites for hydroxylation is 1. The van der Waals surface area contributed by atoms with Crippen LogP contribution in [0, 0.1) is 6.92 Å². The van der Waals surface area contributed by atoms with Gasteiger partial charge in [-0.25, -0.2) is 0 Å². The van der Waals surface area contributed by atoms with Crippen molar-refractivity contribution in [1.29, 1.82) is 0 Å². The number of carbonyl (C=O) groups excluding carboxylic acids is 1. The predicted octanol–water partition coefficient (Wildman–Crippen LogP) is 4.86. The highest BCUT2D eigenvalue weighted by Crippen LogP contribution is 2.21. The van der Waals surface area contributed by atoms with Crippen molar-refractivity contribution < 1.29 is 9.53 Å². The fraction of sp³-hybridized carbons (Fsp3) is 0.278. The van der Waals surface area contributed by atoms with Gasteiger partial charge in [0, 0.05) is 17.0 Å². The molecule has 0 radical (unpaired) electrons. The average molecular weight is 303 g/mol. The molecule has 0 amide bonds. The van der Waals surface area contributed by atoms with Crippen molar-refractivity contribution in [3.8, 4) is 5.75 Å². The highest BCUT2D eigenvalue weighted by atomic mass is 35.5. The van der Waals surface area contributed by atoms with E-state index in [1.54, 1.807) is 6.07 Å². The van der Waals surface area contributed by atoms with E-state index >= 15 is 0 Å². The van der Waals surface area contributed by atoms with Crippen LogP contribution in [-0.4, -0.2) is 12.4 Å². The Kier molecular flexibility index (Phi) is 5.40. The third-order valence-electron chi connectivity index (χ3n) is 3.19. The van der Waals surface area contributed by atoms with E-state index in [0.717, 1.165) is 23.3 Å². The Hall–Kier alpha value is -1.80. The molecular weight excluding hydrogens is 284 g/mol. The molecule has 2 rings (SSSR count). The topological polar surface area (TPSA) is 26.3 Å². The molecule has 0 spiro atoms. The molecule has 2 nitrogen and oxygen atoms in total. The Morgan fingerprint density at radius 3 is 2.71 bits per heavy atom. The second-order valence-corrected chi connectivity index (χ2v) is 5.48. The second kappa shape index (κ2) is 7.28. The molecule has 2 aromatic rings. The van der Waals surface area contributed by atoms with Gasteiger partial charge in [0.05, 0.1) is 6.61 Å². The number of benzene rings is 2. The first-order valence-corrected chi connectivity index (χ1v) is 7.49. The van der Waals surface area contributed by atoms with Crippen LogP contribution in [0.25, 0.3) is 0 Å². The summed E-state index contributed by atoms with van der Waals surface area (Å²) in [5.41, 5.74) is 2.60. The largest absolute Gasteiger partial charge is 0.494 e. The molecule has 0 atom stereocenters. The predicted molar refractivity (Wildman–Crippen MR) is 86.5 cm³/mol. The number of rotatable bonds is 6. The van der Waals surface area contributed by atoms with Crippen molar-refractivity contribution in [3.63, 3.8) is 0 Å². The number of Topliss-reactive ketones (excluding diaryl/α,β-unsaturated/α-hetero) is 1. The Bertz CT molecular complexity index is 635. The highest BCUT2D eigenvalue weighted by molar-refractivity contribution is 6.31. The summed E-state index contributed by atoms with van der Waals surface area (Å²) < 4.78 is 5.56. The summed E-state index contributed by atoms with van der Waals surface area (Å²) in [6, 6.07) is 13.1. The number of ketones is 1. The zero-order chi connectivity index (χ0) is 15.2. The minimum Gasteiger partial charge on any atom is -0.494 e. The smallest absolute Gasteiger partial charge is 0.167 e. The van der Waals surface area contributed by atoms with E-state index in [0.29, 0.717) is 23.6 Å². The molecule has 110 valence electrons. The normalized spacial score (nSPS) is 10.4. The van der Waals surface area contributed by atoms with E-state index in [-0.39, 0.29) is 5.78 Å². The Balaban J connectivity index is 2.12. The lowest BCUT2D eigenvalue weighted by Crippen LogP contribution is -2.05. The van der Waals surface area contributed by atoms with Crippen LogP contribution < -0.4 is 4.74 Å². The molecular formula is C18H19ClO2. The highest BCUT2D eigenvalue weighted by Gasteiger charge is 2.10. The molecule has 21 heavy (non-hydrogen) atoms. The molecule has 2 aromatic carbocycles. The quantitative estimate of drug-likeness (QED) is 0.712. The van der Waals surface area contributed by atoms with Gasteiger partial charge in [-0.3, -0.25) is 4.79 Å². The van der Waals surface area contributed by atoms with E-state index < -0.39 is 0 Å². The number of ether oxygens (including phenoxy) is 1. The molecule has 0 aliphatic rings. The lowest BCUT2D eigenvalue weighted by molar-refractivity contribution is 0.0992. The van der Waals surface area contributed by atoms with Crippen molar-refractivity contribution in [2.75, 3.05) is 6.61 Å². The van der Waals surface area contributed by atoms with Gasteiger partial charge in [-0.05, 0) is 42.7 Å². The summed E-state index contributed by atoms with van der Waals surface area (Å²) >= 11 is 6.18. The Morgan fingerprint density at radius 1 is 1.19 bits per heavy atom. The molecule has 0 fully saturated rings. The summed E-state index contributed by atoms with van der Waals surface area (Å²) in [6.07, 6.45) is 1.24. The molecule has 0 heterocycles. The third-order valence-corrected chi connectivity index (χ3v) is 3.54. The third kappa shape index (κ3) is 4.33. The maximum absolute atomic E-state index is 12.4. The summed E-state index contributed by atoms with van der Waals surface area (Å²) in [5, 5.41) is 0.640. The van der Waals surface area contributed by atoms with Crippen LogP contribution in [0.2, 0.25) is 5.02 Å². The van der Waals surface area contributed by atoms with Gasteiger partial charge in [-0.1, -0.05) is 42.8 Å². The van der Waals surface area contributed by atoms with Gasteiger partial charge in [-0.15, -0.1) is 0 Å². The van der Waals surface area contributed by atoms with Crippen molar-refractivity contribution in [2.24, 2.45) is 0 Å². The lowest BCUT2D eigenvalue weighted by atomic mass is 10.0. The van der Waals surface area contributed by atoms with Gasteiger partial charge in [0.15, 0.2) is 5.78 Å². The van der Waals surface area contributed by atoms with Crippen molar-refractivity contribution in [2.45, 2.75) is 26.7 Å². The van der Waals surface area contributed by atoms with Crippen LogP contribution in [0.15, 0.2) is 42.5 Å². The number of carbonyl (C=O) groups is 1. The minimum atomic E-state index is 0.0442. The van der Waals surface area contributed by atoms with E-state index in [9.17, 15) is 4.79 Å². The van der Waals surface area contributed by atoms with Gasteiger partial charge >= 0.3 is 0 Å². The van der Waals surface area contributed by atoms with Gasteiger partial charge in [0.25, 0.3) is 0 Å². The SMILES string of the molecule is CCCOc1cccc(C(=O)Cc2ccc(C)cc2Cl)c1. The molecule has 0 bridgehead atoms. The lowest BCUT2D eigenvalue weighted by Gasteiger charge is -2.08. The van der Waals surface area contributed by atoms with Crippen LogP contribution in [0.1, 0.15) is 34.8 Å². The second-order valence-electron chi connectivity index (χ2n) is 5.07. The monoisotopic (exact) mass is 302 g/mol. The van der Waals surface area contributed by atoms with Gasteiger partial charge in [0.1, 0.15) is 5.75 Å². The number of hydrogen-bond acceptors (Lipinski definition) is 2. The first-order valence-electron chi connectivity index (χ1n) is 7.11. The maximum atomic E-state index is 12.4. The van der Waals surface area contributed by atoms with Crippen molar-refractivity contribution in [1.82, 2.24) is 0 Å². The van der Waals surface area contributed by atoms with Gasteiger partial charge in [-0.2, -0.15) is 0 Å².